The molecule has 0 spiro atoms. The Morgan fingerprint density at radius 1 is 1.13 bits per heavy atom. The van der Waals surface area contributed by atoms with Gasteiger partial charge in [0, 0.05) is 26.7 Å². The van der Waals surface area contributed by atoms with Gasteiger partial charge >= 0.3 is 5.97 Å². The highest BCUT2D eigenvalue weighted by molar-refractivity contribution is 7.86. The number of ether oxygens (including phenoxy) is 2. The van der Waals surface area contributed by atoms with E-state index in [2.05, 4.69) is 0 Å². The Kier molecular flexibility index (Phi) is 5.71. The molecule has 2 rings (SSSR count). The van der Waals surface area contributed by atoms with E-state index in [9.17, 15) is 13.2 Å². The second kappa shape index (κ2) is 7.04. The lowest BCUT2D eigenvalue weighted by Crippen LogP contribution is -2.53. The largest absolute Gasteiger partial charge is 0.459 e. The van der Waals surface area contributed by atoms with Gasteiger partial charge < -0.3 is 9.47 Å². The van der Waals surface area contributed by atoms with Gasteiger partial charge in [-0.15, -0.1) is 0 Å². The molecule has 0 bridgehead atoms. The normalized spacial score (nSPS) is 28.0. The van der Waals surface area contributed by atoms with Gasteiger partial charge in [0.25, 0.3) is 10.2 Å². The molecule has 0 radical (unpaired) electrons. The van der Waals surface area contributed by atoms with E-state index < -0.39 is 27.8 Å². The molecule has 0 aromatic rings. The Labute approximate surface area is 139 Å². The van der Waals surface area contributed by atoms with E-state index in [0.717, 1.165) is 12.8 Å². The minimum atomic E-state index is -3.67. The van der Waals surface area contributed by atoms with Crippen molar-refractivity contribution < 1.29 is 22.7 Å². The average molecular weight is 348 g/mol. The first-order valence-electron chi connectivity index (χ1n) is 8.18. The fourth-order valence-corrected chi connectivity index (χ4v) is 4.96. The van der Waals surface area contributed by atoms with Crippen molar-refractivity contribution in [3.8, 4) is 0 Å². The van der Waals surface area contributed by atoms with Gasteiger partial charge in [0.1, 0.15) is 11.6 Å². The highest BCUT2D eigenvalue weighted by atomic mass is 32.2. The maximum Gasteiger partial charge on any atom is 0.325 e. The summed E-state index contributed by atoms with van der Waals surface area (Å²) in [7, 11) is -2.07. The lowest BCUT2D eigenvalue weighted by atomic mass is 10.1. The number of hydrogen-bond donors (Lipinski definition) is 0. The Morgan fingerprint density at radius 3 is 2.39 bits per heavy atom. The number of carbonyl (C=O) groups is 1. The maximum atomic E-state index is 12.9. The molecule has 0 unspecified atom stereocenters. The molecule has 2 saturated heterocycles. The zero-order chi connectivity index (χ0) is 17.3. The van der Waals surface area contributed by atoms with E-state index in [1.807, 2.05) is 0 Å². The predicted molar refractivity (Wildman–Crippen MR) is 86.1 cm³/mol. The first-order valence-corrected chi connectivity index (χ1v) is 9.57. The average Bonchev–Trinajstić information content (AvgIpc) is 2.96. The number of piperidine rings is 1. The van der Waals surface area contributed by atoms with Gasteiger partial charge in [-0.3, -0.25) is 4.79 Å². The second-order valence-corrected chi connectivity index (χ2v) is 9.05. The van der Waals surface area contributed by atoms with Crippen LogP contribution in [0, 0.1) is 0 Å². The molecule has 2 atom stereocenters. The van der Waals surface area contributed by atoms with Gasteiger partial charge in [-0.25, -0.2) is 0 Å². The van der Waals surface area contributed by atoms with Crippen LogP contribution in [0.15, 0.2) is 0 Å². The molecule has 2 fully saturated rings. The summed E-state index contributed by atoms with van der Waals surface area (Å²) in [5.74, 6) is -0.459. The summed E-state index contributed by atoms with van der Waals surface area (Å²) >= 11 is 0. The van der Waals surface area contributed by atoms with Crippen molar-refractivity contribution >= 4 is 16.2 Å². The Balaban J connectivity index is 2.13. The minimum Gasteiger partial charge on any atom is -0.459 e. The molecule has 0 aromatic heterocycles. The zero-order valence-corrected chi connectivity index (χ0v) is 15.3. The minimum absolute atomic E-state index is 0.0823. The smallest absolute Gasteiger partial charge is 0.325 e. The number of carbonyl (C=O) groups excluding carboxylic acids is 1. The molecule has 0 saturated carbocycles. The molecule has 2 heterocycles. The van der Waals surface area contributed by atoms with E-state index in [1.54, 1.807) is 27.9 Å². The van der Waals surface area contributed by atoms with E-state index >= 15 is 0 Å². The van der Waals surface area contributed by atoms with E-state index in [4.69, 9.17) is 9.47 Å². The Morgan fingerprint density at radius 2 is 1.78 bits per heavy atom. The van der Waals surface area contributed by atoms with E-state index in [1.165, 1.54) is 8.61 Å². The fourth-order valence-electron chi connectivity index (χ4n) is 3.08. The van der Waals surface area contributed by atoms with Crippen LogP contribution in [0.3, 0.4) is 0 Å². The van der Waals surface area contributed by atoms with Gasteiger partial charge in [-0.1, -0.05) is 0 Å². The van der Waals surface area contributed by atoms with Crippen LogP contribution in [-0.2, 0) is 24.5 Å². The molecule has 2 aliphatic rings. The predicted octanol–water partition coefficient (Wildman–Crippen LogP) is 1.15. The number of rotatable bonds is 4. The van der Waals surface area contributed by atoms with E-state index in [-0.39, 0.29) is 6.10 Å². The molecule has 0 N–H and O–H groups in total. The molecule has 0 aromatic carbocycles. The van der Waals surface area contributed by atoms with Crippen LogP contribution in [0.25, 0.3) is 0 Å². The summed E-state index contributed by atoms with van der Waals surface area (Å²) in [4.78, 5) is 12.3. The highest BCUT2D eigenvalue weighted by Crippen LogP contribution is 2.27. The van der Waals surface area contributed by atoms with Crippen molar-refractivity contribution in [1.29, 1.82) is 0 Å². The molecule has 8 heteroatoms. The lowest BCUT2D eigenvalue weighted by Gasteiger charge is -2.35. The lowest BCUT2D eigenvalue weighted by molar-refractivity contribution is -0.158. The van der Waals surface area contributed by atoms with Crippen LogP contribution < -0.4 is 0 Å². The first kappa shape index (κ1) is 18.6. The molecular formula is C15H28N2O5S. The molecule has 2 aliphatic heterocycles. The van der Waals surface area contributed by atoms with Crippen LogP contribution in [0.4, 0.5) is 0 Å². The second-order valence-electron chi connectivity index (χ2n) is 7.17. The van der Waals surface area contributed by atoms with Gasteiger partial charge in [0.2, 0.25) is 0 Å². The van der Waals surface area contributed by atoms with Crippen LogP contribution in [-0.4, -0.2) is 67.5 Å². The quantitative estimate of drug-likeness (QED) is 0.712. The van der Waals surface area contributed by atoms with Gasteiger partial charge in [0.15, 0.2) is 0 Å². The number of methoxy groups -OCH3 is 1. The van der Waals surface area contributed by atoms with Crippen LogP contribution >= 0.6 is 0 Å². The van der Waals surface area contributed by atoms with Crippen molar-refractivity contribution in [2.45, 2.75) is 64.2 Å². The third-order valence-electron chi connectivity index (χ3n) is 4.18. The summed E-state index contributed by atoms with van der Waals surface area (Å²) in [6, 6.07) is -0.720. The van der Waals surface area contributed by atoms with E-state index in [0.29, 0.717) is 32.5 Å². The van der Waals surface area contributed by atoms with Crippen molar-refractivity contribution in [2.75, 3.05) is 26.7 Å². The summed E-state index contributed by atoms with van der Waals surface area (Å²) in [5.41, 5.74) is -0.624. The van der Waals surface area contributed by atoms with Gasteiger partial charge in [0.05, 0.1) is 6.10 Å². The third-order valence-corrected chi connectivity index (χ3v) is 6.19. The summed E-state index contributed by atoms with van der Waals surface area (Å²) in [6.07, 6.45) is 2.72. The van der Waals surface area contributed by atoms with Gasteiger partial charge in [-0.2, -0.15) is 17.0 Å². The third kappa shape index (κ3) is 4.43. The Hall–Kier alpha value is -0.700. The van der Waals surface area contributed by atoms with Crippen molar-refractivity contribution in [3.63, 3.8) is 0 Å². The van der Waals surface area contributed by atoms with Crippen molar-refractivity contribution in [1.82, 2.24) is 8.61 Å². The topological polar surface area (TPSA) is 76.2 Å². The standard InChI is InChI=1S/C15H28N2O5S/c1-15(2,3)22-14(18)13-8-6-10-17(13)23(19,20)16-9-5-7-12(11-16)21-4/h12-13H,5-11H2,1-4H3/t12-,13+/m1/s1. The maximum absolute atomic E-state index is 12.9. The summed E-state index contributed by atoms with van der Waals surface area (Å²) in [5, 5.41) is 0. The monoisotopic (exact) mass is 348 g/mol. The fraction of sp³-hybridized carbons (Fsp3) is 0.933. The van der Waals surface area contributed by atoms with Crippen molar-refractivity contribution in [2.24, 2.45) is 0 Å². The molecule has 0 amide bonds. The summed E-state index contributed by atoms with van der Waals surface area (Å²) in [6.45, 7) is 6.53. The number of esters is 1. The van der Waals surface area contributed by atoms with Crippen molar-refractivity contribution in [3.05, 3.63) is 0 Å². The summed E-state index contributed by atoms with van der Waals surface area (Å²) < 4.78 is 39.3. The SMILES string of the molecule is CO[C@@H]1CCCN(S(=O)(=O)N2CCC[C@H]2C(=O)OC(C)(C)C)C1. The highest BCUT2D eigenvalue weighted by Gasteiger charge is 2.44. The molecule has 0 aliphatic carbocycles. The molecule has 134 valence electrons. The Bertz CT molecular complexity index is 528. The number of hydrogen-bond acceptors (Lipinski definition) is 5. The molecule has 7 nitrogen and oxygen atoms in total. The van der Waals surface area contributed by atoms with Crippen LogP contribution in [0.5, 0.6) is 0 Å². The molecular weight excluding hydrogens is 320 g/mol. The zero-order valence-electron chi connectivity index (χ0n) is 14.4. The van der Waals surface area contributed by atoms with Crippen LogP contribution in [0.2, 0.25) is 0 Å². The number of nitrogens with zero attached hydrogens (tertiary/aromatic N) is 2. The van der Waals surface area contributed by atoms with Gasteiger partial charge in [-0.05, 0) is 46.5 Å². The molecule has 23 heavy (non-hydrogen) atoms. The van der Waals surface area contributed by atoms with Crippen LogP contribution in [0.1, 0.15) is 46.5 Å². The first-order chi connectivity index (χ1) is 10.6.